The molecule has 1 N–H and O–H groups in total. The van der Waals surface area contributed by atoms with Gasteiger partial charge in [0.1, 0.15) is 0 Å². The third-order valence-electron chi connectivity index (χ3n) is 4.17. The van der Waals surface area contributed by atoms with Gasteiger partial charge >= 0.3 is 0 Å². The van der Waals surface area contributed by atoms with Crippen LogP contribution in [0.1, 0.15) is 31.7 Å². The molecule has 0 aliphatic heterocycles. The van der Waals surface area contributed by atoms with Gasteiger partial charge in [-0.25, -0.2) is 0 Å². The number of nitrogens with zero attached hydrogens (tertiary/aromatic N) is 1. The molecule has 0 aliphatic rings. The summed E-state index contributed by atoms with van der Waals surface area (Å²) >= 11 is 0. The van der Waals surface area contributed by atoms with Gasteiger partial charge in [-0.3, -0.25) is 4.79 Å². The molecule has 128 valence electrons. The third-order valence-corrected chi connectivity index (χ3v) is 4.17. The summed E-state index contributed by atoms with van der Waals surface area (Å²) in [5.41, 5.74) is 0.982. The van der Waals surface area contributed by atoms with E-state index in [-0.39, 0.29) is 11.8 Å². The van der Waals surface area contributed by atoms with Crippen LogP contribution in [-0.2, 0) is 9.59 Å². The highest BCUT2D eigenvalue weighted by atomic mass is 16.4. The van der Waals surface area contributed by atoms with Crippen molar-refractivity contribution in [3.05, 3.63) is 35.9 Å². The van der Waals surface area contributed by atoms with Gasteiger partial charge in [0.25, 0.3) is 0 Å². The van der Waals surface area contributed by atoms with E-state index in [4.69, 9.17) is 0 Å². The molecule has 1 rings (SSSR count). The lowest BCUT2D eigenvalue weighted by molar-refractivity contribution is -0.312. The molecular formula is C18H27N2O3-. The van der Waals surface area contributed by atoms with Crippen molar-refractivity contribution in [2.24, 2.45) is 11.8 Å². The Morgan fingerprint density at radius 1 is 1.22 bits per heavy atom. The van der Waals surface area contributed by atoms with Crippen LogP contribution < -0.4 is 10.4 Å². The van der Waals surface area contributed by atoms with Crippen LogP contribution in [0.15, 0.2) is 30.3 Å². The van der Waals surface area contributed by atoms with Crippen molar-refractivity contribution < 1.29 is 14.7 Å². The van der Waals surface area contributed by atoms with Gasteiger partial charge in [0.15, 0.2) is 0 Å². The number of benzene rings is 1. The second kappa shape index (κ2) is 9.30. The molecule has 0 heterocycles. The number of amides is 1. The van der Waals surface area contributed by atoms with Gasteiger partial charge in [-0.1, -0.05) is 44.2 Å². The van der Waals surface area contributed by atoms with Gasteiger partial charge in [-0.05, 0) is 32.0 Å². The van der Waals surface area contributed by atoms with Crippen LogP contribution in [0.3, 0.4) is 0 Å². The first-order valence-corrected chi connectivity index (χ1v) is 8.06. The maximum Gasteiger partial charge on any atom is 0.224 e. The Hall–Kier alpha value is -1.88. The summed E-state index contributed by atoms with van der Waals surface area (Å²) in [5, 5.41) is 14.2. The summed E-state index contributed by atoms with van der Waals surface area (Å²) in [6.07, 6.45) is 0.688. The number of nitrogens with one attached hydrogen (secondary N) is 1. The van der Waals surface area contributed by atoms with Crippen LogP contribution in [-0.4, -0.2) is 44.0 Å². The molecule has 0 fully saturated rings. The average molecular weight is 319 g/mol. The largest absolute Gasteiger partial charge is 0.550 e. The molecule has 0 bridgehead atoms. The predicted octanol–water partition coefficient (Wildman–Crippen LogP) is 0.860. The topological polar surface area (TPSA) is 72.5 Å². The van der Waals surface area contributed by atoms with Crippen molar-refractivity contribution in [3.63, 3.8) is 0 Å². The number of rotatable bonds is 9. The van der Waals surface area contributed by atoms with Gasteiger partial charge in [-0.2, -0.15) is 0 Å². The van der Waals surface area contributed by atoms with E-state index < -0.39 is 17.8 Å². The van der Waals surface area contributed by atoms with Crippen molar-refractivity contribution in [2.75, 3.05) is 27.2 Å². The highest BCUT2D eigenvalue weighted by Gasteiger charge is 2.33. The fourth-order valence-corrected chi connectivity index (χ4v) is 2.82. The molecule has 0 saturated carbocycles. The van der Waals surface area contributed by atoms with Crippen molar-refractivity contribution >= 4 is 11.9 Å². The Balaban J connectivity index is 2.99. The van der Waals surface area contributed by atoms with E-state index in [0.717, 1.165) is 5.56 Å². The Kier molecular flexibility index (Phi) is 7.75. The maximum atomic E-state index is 12.6. The van der Waals surface area contributed by atoms with Crippen molar-refractivity contribution in [3.8, 4) is 0 Å². The van der Waals surface area contributed by atoms with E-state index in [2.05, 4.69) is 5.32 Å². The summed E-state index contributed by atoms with van der Waals surface area (Å²) in [5.74, 6) is -3.05. The van der Waals surface area contributed by atoms with E-state index >= 15 is 0 Å². The third kappa shape index (κ3) is 5.67. The molecule has 3 atom stereocenters. The Bertz CT molecular complexity index is 502. The number of aliphatic carboxylic acids is 1. The van der Waals surface area contributed by atoms with Gasteiger partial charge < -0.3 is 20.1 Å². The first kappa shape index (κ1) is 19.2. The predicted molar refractivity (Wildman–Crippen MR) is 88.7 cm³/mol. The Labute approximate surface area is 138 Å². The lowest BCUT2D eigenvalue weighted by atomic mass is 9.76. The molecule has 0 radical (unpaired) electrons. The van der Waals surface area contributed by atoms with E-state index in [9.17, 15) is 14.7 Å². The zero-order chi connectivity index (χ0) is 17.4. The van der Waals surface area contributed by atoms with Crippen LogP contribution in [0.2, 0.25) is 0 Å². The minimum absolute atomic E-state index is 0.150. The fourth-order valence-electron chi connectivity index (χ4n) is 2.82. The first-order valence-electron chi connectivity index (χ1n) is 8.06. The monoisotopic (exact) mass is 319 g/mol. The second-order valence-electron chi connectivity index (χ2n) is 6.15. The number of likely N-dealkylation sites (N-methyl/N-ethyl adjacent to an activating group) is 1. The Morgan fingerprint density at radius 2 is 1.83 bits per heavy atom. The molecule has 0 saturated heterocycles. The van der Waals surface area contributed by atoms with E-state index in [1.54, 1.807) is 6.92 Å². The lowest BCUT2D eigenvalue weighted by Crippen LogP contribution is -2.45. The van der Waals surface area contributed by atoms with Gasteiger partial charge in [0.05, 0.1) is 5.92 Å². The van der Waals surface area contributed by atoms with Crippen molar-refractivity contribution in [2.45, 2.75) is 26.2 Å². The molecule has 1 aromatic carbocycles. The highest BCUT2D eigenvalue weighted by molar-refractivity contribution is 5.84. The van der Waals surface area contributed by atoms with Gasteiger partial charge in [-0.15, -0.1) is 0 Å². The second-order valence-corrected chi connectivity index (χ2v) is 6.15. The first-order chi connectivity index (χ1) is 10.9. The quantitative estimate of drug-likeness (QED) is 0.733. The fraction of sp³-hybridized carbons (Fsp3) is 0.556. The molecule has 23 heavy (non-hydrogen) atoms. The van der Waals surface area contributed by atoms with Crippen molar-refractivity contribution in [1.82, 2.24) is 10.2 Å². The molecule has 1 aromatic rings. The van der Waals surface area contributed by atoms with E-state index in [1.807, 2.05) is 56.3 Å². The van der Waals surface area contributed by atoms with Gasteiger partial charge in [0.2, 0.25) is 5.91 Å². The number of carbonyl (C=O) groups excluding carboxylic acids is 2. The molecule has 1 amide bonds. The van der Waals surface area contributed by atoms with E-state index in [0.29, 0.717) is 19.5 Å². The summed E-state index contributed by atoms with van der Waals surface area (Å²) < 4.78 is 0. The standard InChI is InChI=1S/C18H28N2O3/c1-5-15(14-9-7-6-8-10-14)16(13(2)18(22)23)17(21)19-11-12-20(3)4/h6-10,13,15-16H,5,11-12H2,1-4H3,(H,19,21)(H,22,23)/p-1. The summed E-state index contributed by atoms with van der Waals surface area (Å²) in [6, 6.07) is 9.60. The molecule has 5 nitrogen and oxygen atoms in total. The summed E-state index contributed by atoms with van der Waals surface area (Å²) in [4.78, 5) is 26.0. The number of carbonyl (C=O) groups is 2. The van der Waals surface area contributed by atoms with Crippen LogP contribution in [0.5, 0.6) is 0 Å². The molecule has 3 unspecified atom stereocenters. The normalized spacial score (nSPS) is 15.0. The minimum Gasteiger partial charge on any atom is -0.550 e. The molecular weight excluding hydrogens is 292 g/mol. The van der Waals surface area contributed by atoms with Crippen LogP contribution in [0.25, 0.3) is 0 Å². The molecule has 0 aliphatic carbocycles. The highest BCUT2D eigenvalue weighted by Crippen LogP contribution is 2.33. The summed E-state index contributed by atoms with van der Waals surface area (Å²) in [6.45, 7) is 4.73. The smallest absolute Gasteiger partial charge is 0.224 e. The number of hydrogen-bond acceptors (Lipinski definition) is 4. The van der Waals surface area contributed by atoms with E-state index in [1.165, 1.54) is 0 Å². The molecule has 5 heteroatoms. The minimum atomic E-state index is -1.19. The zero-order valence-corrected chi connectivity index (χ0v) is 14.4. The van der Waals surface area contributed by atoms with Crippen molar-refractivity contribution in [1.29, 1.82) is 0 Å². The molecule has 0 aromatic heterocycles. The number of carboxylic acid groups (broad SMARTS) is 1. The Morgan fingerprint density at radius 3 is 2.30 bits per heavy atom. The molecule has 0 spiro atoms. The number of hydrogen-bond donors (Lipinski definition) is 1. The maximum absolute atomic E-state index is 12.6. The SMILES string of the molecule is CCC(c1ccccc1)C(C(=O)NCCN(C)C)C(C)C(=O)[O-]. The van der Waals surface area contributed by atoms with Crippen LogP contribution >= 0.6 is 0 Å². The lowest BCUT2D eigenvalue weighted by Gasteiger charge is -2.31. The van der Waals surface area contributed by atoms with Gasteiger partial charge in [0, 0.05) is 25.0 Å². The average Bonchev–Trinajstić information content (AvgIpc) is 2.52. The van der Waals surface area contributed by atoms with Crippen LogP contribution in [0, 0.1) is 11.8 Å². The zero-order valence-electron chi connectivity index (χ0n) is 14.4. The van der Waals surface area contributed by atoms with Crippen LogP contribution in [0.4, 0.5) is 0 Å². The summed E-state index contributed by atoms with van der Waals surface area (Å²) in [7, 11) is 3.85. The number of carboxylic acids is 1.